The Morgan fingerprint density at radius 2 is 1.51 bits per heavy atom. The van der Waals surface area contributed by atoms with Crippen LogP contribution in [0.25, 0.3) is 11.1 Å². The van der Waals surface area contributed by atoms with E-state index in [9.17, 15) is 39.9 Å². The van der Waals surface area contributed by atoms with E-state index in [0.717, 1.165) is 24.1 Å². The molecule has 3 saturated heterocycles. The van der Waals surface area contributed by atoms with Crippen molar-refractivity contribution >= 4 is 26.0 Å². The molecule has 3 heterocycles. The normalized spacial score (nSPS) is 22.2. The minimum atomic E-state index is -5.94. The molecule has 3 aliphatic heterocycles. The van der Waals surface area contributed by atoms with Crippen LogP contribution in [0.1, 0.15) is 17.5 Å². The van der Waals surface area contributed by atoms with Crippen molar-refractivity contribution < 1.29 is 39.9 Å². The molecule has 2 atom stereocenters. The molecule has 0 saturated carbocycles. The van der Waals surface area contributed by atoms with E-state index in [0.29, 0.717) is 47.4 Å². The van der Waals surface area contributed by atoms with Crippen molar-refractivity contribution in [1.82, 2.24) is 9.21 Å². The summed E-state index contributed by atoms with van der Waals surface area (Å²) in [5, 5.41) is 9.55. The molecular weight excluding hydrogens is 566 g/mol. The molecule has 3 fully saturated rings. The SMILES string of the molecule is CS(=O)(=O)N1C2CC1CN(Cc1ccc(-c3ccc(C(O)(C(F)(F)F)C(F)(F)F)cc3)c(Br)c1)C2. The lowest BCUT2D eigenvalue weighted by Gasteiger charge is -2.54. The number of piperazine rings is 1. The molecule has 0 amide bonds. The fraction of sp³-hybridized carbons (Fsp3) is 0.455. The number of hydrogen-bond donors (Lipinski definition) is 1. The van der Waals surface area contributed by atoms with Crippen LogP contribution >= 0.6 is 15.9 Å². The maximum absolute atomic E-state index is 13.1. The molecule has 2 unspecified atom stereocenters. The molecule has 3 aliphatic rings. The number of aliphatic hydroxyl groups is 1. The van der Waals surface area contributed by atoms with Gasteiger partial charge in [0.25, 0.3) is 5.60 Å². The van der Waals surface area contributed by atoms with Gasteiger partial charge in [-0.1, -0.05) is 52.3 Å². The summed E-state index contributed by atoms with van der Waals surface area (Å²) in [6, 6.07) is 8.62. The van der Waals surface area contributed by atoms with E-state index < -0.39 is 33.5 Å². The Balaban J connectivity index is 1.50. The molecule has 5 rings (SSSR count). The first kappa shape index (κ1) is 26.4. The highest BCUT2D eigenvalue weighted by atomic mass is 79.9. The summed E-state index contributed by atoms with van der Waals surface area (Å²) < 4.78 is 104. The maximum atomic E-state index is 13.1. The Kier molecular flexibility index (Phi) is 6.58. The molecule has 192 valence electrons. The van der Waals surface area contributed by atoms with Gasteiger partial charge >= 0.3 is 12.4 Å². The van der Waals surface area contributed by atoms with Crippen LogP contribution in [-0.2, 0) is 22.2 Å². The van der Waals surface area contributed by atoms with Crippen LogP contribution in [0.5, 0.6) is 0 Å². The van der Waals surface area contributed by atoms with Crippen molar-refractivity contribution in [3.63, 3.8) is 0 Å². The van der Waals surface area contributed by atoms with Crippen LogP contribution in [0, 0.1) is 0 Å². The van der Waals surface area contributed by atoms with Crippen LogP contribution in [-0.4, -0.2) is 66.5 Å². The molecule has 1 N–H and O–H groups in total. The molecule has 2 aromatic carbocycles. The van der Waals surface area contributed by atoms with Gasteiger partial charge in [0.15, 0.2) is 0 Å². The zero-order valence-corrected chi connectivity index (χ0v) is 20.6. The van der Waals surface area contributed by atoms with E-state index in [4.69, 9.17) is 0 Å². The first-order valence-electron chi connectivity index (χ1n) is 10.5. The molecular formula is C22H21BrF6N2O3S. The van der Waals surface area contributed by atoms with Crippen molar-refractivity contribution in [3.05, 3.63) is 58.1 Å². The standard InChI is InChI=1S/C22H21BrF6N2O3S/c1-35(33,34)31-16-9-17(31)12-30(11-16)10-13-2-7-18(19(23)8-13)14-3-5-15(6-4-14)20(32,21(24,25)26)22(27,28)29/h2-8,16-17,32H,9-12H2,1H3. The van der Waals surface area contributed by atoms with E-state index in [2.05, 4.69) is 20.8 Å². The predicted octanol–water partition coefficient (Wildman–Crippen LogP) is 4.65. The van der Waals surface area contributed by atoms with Crippen molar-refractivity contribution in [3.8, 4) is 11.1 Å². The molecule has 2 bridgehead atoms. The summed E-state index contributed by atoms with van der Waals surface area (Å²) in [6.07, 6.45) is -9.85. The van der Waals surface area contributed by atoms with Crippen LogP contribution in [0.4, 0.5) is 26.3 Å². The largest absolute Gasteiger partial charge is 0.430 e. The van der Waals surface area contributed by atoms with Crippen molar-refractivity contribution in [2.75, 3.05) is 19.3 Å². The van der Waals surface area contributed by atoms with Gasteiger partial charge in [0.2, 0.25) is 10.0 Å². The van der Waals surface area contributed by atoms with Gasteiger partial charge in [-0.3, -0.25) is 4.90 Å². The van der Waals surface area contributed by atoms with Gasteiger partial charge in [-0.2, -0.15) is 30.6 Å². The van der Waals surface area contributed by atoms with Gasteiger partial charge in [0.1, 0.15) is 0 Å². The Morgan fingerprint density at radius 3 is 1.97 bits per heavy atom. The molecule has 0 aliphatic carbocycles. The number of nitrogens with zero attached hydrogens (tertiary/aromatic N) is 2. The van der Waals surface area contributed by atoms with Gasteiger partial charge in [-0.15, -0.1) is 0 Å². The smallest absolute Gasteiger partial charge is 0.369 e. The number of rotatable bonds is 5. The van der Waals surface area contributed by atoms with Crippen molar-refractivity contribution in [2.24, 2.45) is 0 Å². The monoisotopic (exact) mass is 586 g/mol. The molecule has 0 radical (unpaired) electrons. The molecule has 0 spiro atoms. The number of piperidine rings is 1. The maximum Gasteiger partial charge on any atom is 0.430 e. The lowest BCUT2D eigenvalue weighted by Crippen LogP contribution is -2.69. The summed E-state index contributed by atoms with van der Waals surface area (Å²) >= 11 is 3.41. The number of fused-ring (bicyclic) bond motifs is 2. The topological polar surface area (TPSA) is 60.9 Å². The zero-order valence-electron chi connectivity index (χ0n) is 18.2. The van der Waals surface area contributed by atoms with E-state index in [1.54, 1.807) is 22.5 Å². The molecule has 13 heteroatoms. The highest BCUT2D eigenvalue weighted by molar-refractivity contribution is 9.10. The highest BCUT2D eigenvalue weighted by Crippen LogP contribution is 2.50. The first-order chi connectivity index (χ1) is 16.0. The van der Waals surface area contributed by atoms with Crippen molar-refractivity contribution in [2.45, 2.75) is 43.0 Å². The minimum Gasteiger partial charge on any atom is -0.369 e. The van der Waals surface area contributed by atoms with E-state index in [1.807, 2.05) is 0 Å². The molecule has 2 aromatic rings. The average molecular weight is 587 g/mol. The highest BCUT2D eigenvalue weighted by Gasteiger charge is 2.71. The lowest BCUT2D eigenvalue weighted by atomic mass is 9.90. The third kappa shape index (κ3) is 4.73. The zero-order chi connectivity index (χ0) is 26.0. The van der Waals surface area contributed by atoms with Crippen molar-refractivity contribution in [1.29, 1.82) is 0 Å². The lowest BCUT2D eigenvalue weighted by molar-refractivity contribution is -0.376. The summed E-state index contributed by atoms with van der Waals surface area (Å²) in [4.78, 5) is 2.14. The molecule has 5 nitrogen and oxygen atoms in total. The van der Waals surface area contributed by atoms with Gasteiger partial charge in [0.05, 0.1) is 6.26 Å². The number of sulfonamides is 1. The second kappa shape index (κ2) is 8.72. The Morgan fingerprint density at radius 1 is 0.971 bits per heavy atom. The Hall–Kier alpha value is -1.67. The fourth-order valence-electron chi connectivity index (χ4n) is 4.86. The number of hydrogen-bond acceptors (Lipinski definition) is 4. The van der Waals surface area contributed by atoms with E-state index in [-0.39, 0.29) is 12.1 Å². The molecule has 35 heavy (non-hydrogen) atoms. The Labute approximate surface area is 206 Å². The van der Waals surface area contributed by atoms with Crippen LogP contribution in [0.2, 0.25) is 0 Å². The average Bonchev–Trinajstić information content (AvgIpc) is 2.70. The summed E-state index contributed by atoms with van der Waals surface area (Å²) in [7, 11) is -3.23. The van der Waals surface area contributed by atoms with Gasteiger partial charge < -0.3 is 5.11 Å². The van der Waals surface area contributed by atoms with Crippen LogP contribution in [0.3, 0.4) is 0 Å². The number of halogens is 7. The predicted molar refractivity (Wildman–Crippen MR) is 120 cm³/mol. The number of benzene rings is 2. The van der Waals surface area contributed by atoms with Crippen LogP contribution < -0.4 is 0 Å². The second-order valence-corrected chi connectivity index (χ2v) is 11.7. The fourth-order valence-corrected chi connectivity index (χ4v) is 6.91. The van der Waals surface area contributed by atoms with E-state index in [1.165, 1.54) is 6.26 Å². The third-order valence-electron chi connectivity index (χ3n) is 6.46. The van der Waals surface area contributed by atoms with Gasteiger partial charge in [-0.05, 0) is 29.2 Å². The quantitative estimate of drug-likeness (QED) is 0.518. The Bertz CT molecular complexity index is 1190. The molecule has 0 aromatic heterocycles. The van der Waals surface area contributed by atoms with E-state index >= 15 is 0 Å². The summed E-state index contributed by atoms with van der Waals surface area (Å²) in [5.74, 6) is 0. The van der Waals surface area contributed by atoms with Crippen LogP contribution in [0.15, 0.2) is 46.9 Å². The summed E-state index contributed by atoms with van der Waals surface area (Å²) in [5.41, 5.74) is -4.47. The van der Waals surface area contributed by atoms with Gasteiger partial charge in [-0.25, -0.2) is 8.42 Å². The second-order valence-electron chi connectivity index (χ2n) is 8.93. The minimum absolute atomic E-state index is 0.0444. The first-order valence-corrected chi connectivity index (χ1v) is 13.1. The third-order valence-corrected chi connectivity index (χ3v) is 8.48. The van der Waals surface area contributed by atoms with Gasteiger partial charge in [0, 0.05) is 41.8 Å². The number of alkyl halides is 6. The summed E-state index contributed by atoms with van der Waals surface area (Å²) in [6.45, 7) is 1.77.